The van der Waals surface area contributed by atoms with Crippen LogP contribution >= 0.6 is 0 Å². The molecule has 2 atom stereocenters. The number of nitrogens with zero attached hydrogens (tertiary/aromatic N) is 5. The van der Waals surface area contributed by atoms with Crippen molar-refractivity contribution in [3.8, 4) is 6.07 Å². The minimum atomic E-state index is -0.559. The van der Waals surface area contributed by atoms with Gasteiger partial charge in [-0.15, -0.1) is 10.2 Å². The summed E-state index contributed by atoms with van der Waals surface area (Å²) in [5.41, 5.74) is 2.33. The molecule has 1 N–H and O–H groups in total. The number of likely N-dealkylation sites (tertiary alicyclic amines) is 1. The Bertz CT molecular complexity index is 927. The predicted octanol–water partition coefficient (Wildman–Crippen LogP) is 2.51. The fourth-order valence-electron chi connectivity index (χ4n) is 3.70. The zero-order chi connectivity index (χ0) is 17.9. The van der Waals surface area contributed by atoms with Gasteiger partial charge in [0.05, 0.1) is 17.7 Å². The van der Waals surface area contributed by atoms with E-state index in [9.17, 15) is 5.11 Å². The molecule has 0 saturated carbocycles. The van der Waals surface area contributed by atoms with E-state index in [1.807, 2.05) is 36.5 Å². The molecule has 6 heteroatoms. The van der Waals surface area contributed by atoms with E-state index in [-0.39, 0.29) is 0 Å². The summed E-state index contributed by atoms with van der Waals surface area (Å²) in [6, 6.07) is 15.2. The number of aliphatic hydroxyl groups is 1. The van der Waals surface area contributed by atoms with Crippen molar-refractivity contribution in [2.24, 2.45) is 0 Å². The number of aliphatic hydroxyl groups excluding tert-OH is 1. The minimum absolute atomic E-state index is 0.314. The van der Waals surface area contributed by atoms with Gasteiger partial charge in [0.1, 0.15) is 5.82 Å². The average Bonchev–Trinajstić information content (AvgIpc) is 3.12. The van der Waals surface area contributed by atoms with Crippen molar-refractivity contribution in [1.82, 2.24) is 19.5 Å². The van der Waals surface area contributed by atoms with Crippen LogP contribution < -0.4 is 0 Å². The molecule has 6 nitrogen and oxygen atoms in total. The Hall–Kier alpha value is -2.75. The van der Waals surface area contributed by atoms with Gasteiger partial charge in [0.2, 0.25) is 0 Å². The standard InChI is InChI=1S/C20H21N5O/c21-12-15-6-8-16(9-7-15)18(26)14-24-10-3-4-17(13-24)20-23-22-19-5-1-2-11-25(19)20/h1-2,5-9,11,17-18,26H,3-4,10,13-14H2. The summed E-state index contributed by atoms with van der Waals surface area (Å²) in [6.07, 6.45) is 3.61. The molecule has 0 amide bonds. The molecule has 0 radical (unpaired) electrons. The molecule has 2 unspecified atom stereocenters. The molecular weight excluding hydrogens is 326 g/mol. The Labute approximate surface area is 152 Å². The fourth-order valence-corrected chi connectivity index (χ4v) is 3.70. The number of benzene rings is 1. The Morgan fingerprint density at radius 3 is 2.85 bits per heavy atom. The number of fused-ring (bicyclic) bond motifs is 1. The molecule has 0 bridgehead atoms. The monoisotopic (exact) mass is 347 g/mol. The number of nitriles is 1. The molecule has 1 fully saturated rings. The van der Waals surface area contributed by atoms with Gasteiger partial charge in [-0.2, -0.15) is 5.26 Å². The van der Waals surface area contributed by atoms with Crippen molar-refractivity contribution < 1.29 is 5.11 Å². The molecule has 3 heterocycles. The first-order valence-corrected chi connectivity index (χ1v) is 8.95. The summed E-state index contributed by atoms with van der Waals surface area (Å²) in [4.78, 5) is 2.29. The molecule has 3 aromatic rings. The fraction of sp³-hybridized carbons (Fsp3) is 0.350. The van der Waals surface area contributed by atoms with E-state index in [1.165, 1.54) is 0 Å². The first kappa shape index (κ1) is 16.7. The lowest BCUT2D eigenvalue weighted by Gasteiger charge is -2.33. The largest absolute Gasteiger partial charge is 0.387 e. The maximum absolute atomic E-state index is 10.6. The third-order valence-corrected chi connectivity index (χ3v) is 5.07. The van der Waals surface area contributed by atoms with Crippen LogP contribution in [0.3, 0.4) is 0 Å². The van der Waals surface area contributed by atoms with E-state index in [1.54, 1.807) is 12.1 Å². The normalized spacial score (nSPS) is 19.3. The quantitative estimate of drug-likeness (QED) is 0.785. The average molecular weight is 347 g/mol. The molecule has 2 aromatic heterocycles. The first-order valence-electron chi connectivity index (χ1n) is 8.95. The number of hydrogen-bond donors (Lipinski definition) is 1. The summed E-state index contributed by atoms with van der Waals surface area (Å²) < 4.78 is 2.06. The molecule has 0 spiro atoms. The molecule has 1 aliphatic heterocycles. The topological polar surface area (TPSA) is 77.4 Å². The van der Waals surface area contributed by atoms with Gasteiger partial charge < -0.3 is 5.11 Å². The molecule has 4 rings (SSSR count). The van der Waals surface area contributed by atoms with Crippen LogP contribution in [0, 0.1) is 11.3 Å². The van der Waals surface area contributed by atoms with Crippen LogP contribution in [0.1, 0.15) is 41.8 Å². The van der Waals surface area contributed by atoms with Crippen molar-refractivity contribution in [2.45, 2.75) is 24.9 Å². The predicted molar refractivity (Wildman–Crippen MR) is 97.5 cm³/mol. The lowest BCUT2D eigenvalue weighted by atomic mass is 9.96. The number of aromatic nitrogens is 3. The van der Waals surface area contributed by atoms with Crippen LogP contribution in [0.15, 0.2) is 48.7 Å². The number of hydrogen-bond acceptors (Lipinski definition) is 5. The second kappa shape index (κ2) is 7.24. The highest BCUT2D eigenvalue weighted by atomic mass is 16.3. The van der Waals surface area contributed by atoms with Crippen LogP contribution in [0.2, 0.25) is 0 Å². The van der Waals surface area contributed by atoms with Gasteiger partial charge in [-0.25, -0.2) is 0 Å². The molecule has 132 valence electrons. The van der Waals surface area contributed by atoms with Gasteiger partial charge in [0.25, 0.3) is 0 Å². The first-order chi connectivity index (χ1) is 12.7. The van der Waals surface area contributed by atoms with Crippen molar-refractivity contribution in [3.05, 3.63) is 65.6 Å². The maximum atomic E-state index is 10.6. The summed E-state index contributed by atoms with van der Waals surface area (Å²) in [5, 5.41) is 28.1. The second-order valence-electron chi connectivity index (χ2n) is 6.84. The van der Waals surface area contributed by atoms with Crippen LogP contribution in [0.5, 0.6) is 0 Å². The van der Waals surface area contributed by atoms with Gasteiger partial charge >= 0.3 is 0 Å². The Balaban J connectivity index is 1.45. The maximum Gasteiger partial charge on any atom is 0.160 e. The molecule has 26 heavy (non-hydrogen) atoms. The SMILES string of the molecule is N#Cc1ccc(C(O)CN2CCCC(c3nnc4ccccn34)C2)cc1. The highest BCUT2D eigenvalue weighted by Gasteiger charge is 2.26. The summed E-state index contributed by atoms with van der Waals surface area (Å²) in [7, 11) is 0. The Kier molecular flexibility index (Phi) is 4.65. The van der Waals surface area contributed by atoms with E-state index in [0.29, 0.717) is 18.0 Å². The second-order valence-corrected chi connectivity index (χ2v) is 6.84. The molecule has 1 saturated heterocycles. The lowest BCUT2D eigenvalue weighted by molar-refractivity contribution is 0.0944. The third kappa shape index (κ3) is 3.32. The van der Waals surface area contributed by atoms with Crippen molar-refractivity contribution >= 4 is 5.65 Å². The Morgan fingerprint density at radius 2 is 2.04 bits per heavy atom. The molecule has 0 aliphatic carbocycles. The number of piperidine rings is 1. The number of β-amino-alcohol motifs (C(OH)–C–C–N with tert-alkyl or cyclic N) is 1. The summed E-state index contributed by atoms with van der Waals surface area (Å²) in [5.74, 6) is 1.31. The van der Waals surface area contributed by atoms with Gasteiger partial charge in [-0.1, -0.05) is 18.2 Å². The van der Waals surface area contributed by atoms with Crippen LogP contribution in [0.25, 0.3) is 5.65 Å². The van der Waals surface area contributed by atoms with E-state index < -0.39 is 6.10 Å². The smallest absolute Gasteiger partial charge is 0.160 e. The van der Waals surface area contributed by atoms with E-state index in [0.717, 1.165) is 43.0 Å². The highest BCUT2D eigenvalue weighted by Crippen LogP contribution is 2.27. The zero-order valence-electron chi connectivity index (χ0n) is 14.5. The van der Waals surface area contributed by atoms with Crippen molar-refractivity contribution in [3.63, 3.8) is 0 Å². The van der Waals surface area contributed by atoms with E-state index in [4.69, 9.17) is 5.26 Å². The van der Waals surface area contributed by atoms with Crippen LogP contribution in [-0.2, 0) is 0 Å². The van der Waals surface area contributed by atoms with Gasteiger partial charge in [-0.05, 0) is 49.2 Å². The molecular formula is C20H21N5O. The van der Waals surface area contributed by atoms with Gasteiger partial charge in [-0.3, -0.25) is 9.30 Å². The zero-order valence-corrected chi connectivity index (χ0v) is 14.5. The summed E-state index contributed by atoms with van der Waals surface area (Å²) in [6.45, 7) is 2.42. The molecule has 1 aliphatic rings. The lowest BCUT2D eigenvalue weighted by Crippen LogP contribution is -2.37. The third-order valence-electron chi connectivity index (χ3n) is 5.07. The van der Waals surface area contributed by atoms with E-state index >= 15 is 0 Å². The van der Waals surface area contributed by atoms with Crippen molar-refractivity contribution in [2.75, 3.05) is 19.6 Å². The number of rotatable bonds is 4. The summed E-state index contributed by atoms with van der Waals surface area (Å²) >= 11 is 0. The highest BCUT2D eigenvalue weighted by molar-refractivity contribution is 5.37. The molecule has 1 aromatic carbocycles. The van der Waals surface area contributed by atoms with Crippen LogP contribution in [-0.4, -0.2) is 44.2 Å². The Morgan fingerprint density at radius 1 is 1.19 bits per heavy atom. The van der Waals surface area contributed by atoms with Crippen molar-refractivity contribution in [1.29, 1.82) is 5.26 Å². The minimum Gasteiger partial charge on any atom is -0.387 e. The number of pyridine rings is 1. The van der Waals surface area contributed by atoms with Gasteiger partial charge in [0.15, 0.2) is 5.65 Å². The van der Waals surface area contributed by atoms with E-state index in [2.05, 4.69) is 25.6 Å². The van der Waals surface area contributed by atoms with Crippen LogP contribution in [0.4, 0.5) is 0 Å². The van der Waals surface area contributed by atoms with Gasteiger partial charge in [0, 0.05) is 25.2 Å².